The molecule has 8 nitrogen and oxygen atoms in total. The fourth-order valence-corrected chi connectivity index (χ4v) is 6.42. The number of hydrogen-bond acceptors (Lipinski definition) is 9. The molecule has 5 rings (SSSR count). The number of rotatable bonds is 13. The van der Waals surface area contributed by atoms with Crippen LogP contribution in [0.4, 0.5) is 9.52 Å². The van der Waals surface area contributed by atoms with Gasteiger partial charge in [-0.25, -0.2) is 4.39 Å². The molecule has 11 heteroatoms. The minimum atomic E-state index is -0.946. The maximum Gasteiger partial charge on any atom is 0.301 e. The van der Waals surface area contributed by atoms with Crippen molar-refractivity contribution in [2.75, 3.05) is 18.1 Å². The molecular weight excluding hydrogens is 602 g/mol. The van der Waals surface area contributed by atoms with Crippen molar-refractivity contribution >= 4 is 45.7 Å². The molecular formula is C33H32FN3O5S2. The maximum absolute atomic E-state index is 13.6. The van der Waals surface area contributed by atoms with Gasteiger partial charge >= 0.3 is 5.91 Å². The number of anilines is 1. The fourth-order valence-electron chi connectivity index (χ4n) is 4.59. The molecule has 0 radical (unpaired) electrons. The van der Waals surface area contributed by atoms with E-state index in [0.29, 0.717) is 45.9 Å². The lowest BCUT2D eigenvalue weighted by Crippen LogP contribution is -2.29. The van der Waals surface area contributed by atoms with E-state index >= 15 is 0 Å². The van der Waals surface area contributed by atoms with Crippen LogP contribution in [0.25, 0.3) is 5.76 Å². The highest BCUT2D eigenvalue weighted by Gasteiger charge is 2.48. The number of carbonyl (C=O) groups excluding carboxylic acids is 2. The Hall–Kier alpha value is -4.22. The van der Waals surface area contributed by atoms with Crippen molar-refractivity contribution < 1.29 is 28.6 Å². The summed E-state index contributed by atoms with van der Waals surface area (Å²) in [5.74, 6) is -0.415. The van der Waals surface area contributed by atoms with Gasteiger partial charge in [-0.3, -0.25) is 14.5 Å². The lowest BCUT2D eigenvalue weighted by molar-refractivity contribution is -0.132. The molecule has 3 aromatic carbocycles. The monoisotopic (exact) mass is 633 g/mol. The van der Waals surface area contributed by atoms with Crippen LogP contribution in [0.15, 0.2) is 82.7 Å². The molecule has 1 amide bonds. The number of thioether (sulfide) groups is 1. The summed E-state index contributed by atoms with van der Waals surface area (Å²) in [6, 6.07) is 19.1. The number of Topliss-reactive ketones (excluding diaryl/α,β-unsaturated/α-hetero) is 1. The maximum atomic E-state index is 13.6. The SMILES string of the molecule is CCCCOc1ccc(C2/C(=C(/O)c3ccc(OCCC)cc3)C(=O)C(=O)N2c2nnc(SCc3ccc(F)cc3)s2)cc1. The second kappa shape index (κ2) is 14.5. The molecule has 1 aliphatic heterocycles. The Morgan fingerprint density at radius 3 is 2.23 bits per heavy atom. The smallest absolute Gasteiger partial charge is 0.301 e. The van der Waals surface area contributed by atoms with Crippen molar-refractivity contribution in [1.82, 2.24) is 10.2 Å². The van der Waals surface area contributed by atoms with Crippen LogP contribution >= 0.6 is 23.1 Å². The van der Waals surface area contributed by atoms with Gasteiger partial charge in [-0.1, -0.05) is 67.6 Å². The summed E-state index contributed by atoms with van der Waals surface area (Å²) >= 11 is 2.56. The summed E-state index contributed by atoms with van der Waals surface area (Å²) in [5.41, 5.74) is 1.84. The van der Waals surface area contributed by atoms with E-state index in [1.165, 1.54) is 40.1 Å². The Morgan fingerprint density at radius 1 is 0.909 bits per heavy atom. The summed E-state index contributed by atoms with van der Waals surface area (Å²) in [4.78, 5) is 28.4. The van der Waals surface area contributed by atoms with E-state index in [-0.39, 0.29) is 22.3 Å². The summed E-state index contributed by atoms with van der Waals surface area (Å²) in [5, 5.41) is 20.2. The molecule has 2 heterocycles. The normalized spacial score (nSPS) is 16.0. The average Bonchev–Trinajstić information content (AvgIpc) is 3.61. The van der Waals surface area contributed by atoms with Crippen molar-refractivity contribution in [3.8, 4) is 11.5 Å². The van der Waals surface area contributed by atoms with Gasteiger partial charge in [-0.2, -0.15) is 0 Å². The Morgan fingerprint density at radius 2 is 1.57 bits per heavy atom. The lowest BCUT2D eigenvalue weighted by Gasteiger charge is -2.22. The molecule has 0 saturated carbocycles. The predicted octanol–water partition coefficient (Wildman–Crippen LogP) is 7.56. The van der Waals surface area contributed by atoms with Gasteiger partial charge in [0.1, 0.15) is 23.1 Å². The van der Waals surface area contributed by atoms with Crippen LogP contribution in [0, 0.1) is 5.82 Å². The van der Waals surface area contributed by atoms with Gasteiger partial charge in [0.2, 0.25) is 5.13 Å². The van der Waals surface area contributed by atoms with Crippen LogP contribution in [-0.2, 0) is 15.3 Å². The fraction of sp³-hybridized carbons (Fsp3) is 0.273. The van der Waals surface area contributed by atoms with Crippen LogP contribution < -0.4 is 14.4 Å². The van der Waals surface area contributed by atoms with E-state index in [4.69, 9.17) is 9.47 Å². The molecule has 0 spiro atoms. The zero-order valence-corrected chi connectivity index (χ0v) is 26.0. The summed E-state index contributed by atoms with van der Waals surface area (Å²) in [7, 11) is 0. The van der Waals surface area contributed by atoms with Gasteiger partial charge in [0.25, 0.3) is 5.78 Å². The highest BCUT2D eigenvalue weighted by molar-refractivity contribution is 8.00. The number of benzene rings is 3. The van der Waals surface area contributed by atoms with E-state index in [2.05, 4.69) is 17.1 Å². The van der Waals surface area contributed by atoms with E-state index in [0.717, 1.165) is 24.8 Å². The van der Waals surface area contributed by atoms with Crippen molar-refractivity contribution in [3.63, 3.8) is 0 Å². The number of aliphatic hydroxyl groups excluding tert-OH is 1. The number of nitrogens with zero attached hydrogens (tertiary/aromatic N) is 3. The van der Waals surface area contributed by atoms with Gasteiger partial charge in [-0.05, 0) is 72.5 Å². The second-order valence-corrected chi connectivity index (χ2v) is 12.3. The molecule has 1 N–H and O–H groups in total. The molecule has 1 atom stereocenters. The third kappa shape index (κ3) is 7.11. The van der Waals surface area contributed by atoms with E-state index in [1.807, 2.05) is 6.92 Å². The summed E-state index contributed by atoms with van der Waals surface area (Å²) in [6.07, 6.45) is 2.78. The number of unbranched alkanes of at least 4 members (excludes halogenated alkanes) is 1. The highest BCUT2D eigenvalue weighted by Crippen LogP contribution is 2.44. The molecule has 44 heavy (non-hydrogen) atoms. The molecule has 4 aromatic rings. The summed E-state index contributed by atoms with van der Waals surface area (Å²) in [6.45, 7) is 5.23. The number of ether oxygens (including phenoxy) is 2. The van der Waals surface area contributed by atoms with Crippen LogP contribution in [0.5, 0.6) is 11.5 Å². The van der Waals surface area contributed by atoms with Crippen molar-refractivity contribution in [2.45, 2.75) is 49.2 Å². The van der Waals surface area contributed by atoms with Crippen molar-refractivity contribution in [1.29, 1.82) is 0 Å². The number of hydrogen-bond donors (Lipinski definition) is 1. The molecule has 1 fully saturated rings. The second-order valence-electron chi connectivity index (χ2n) is 10.1. The average molecular weight is 634 g/mol. The Bertz CT molecular complexity index is 1620. The standard InChI is InChI=1S/C33H32FN3O5S2/c1-3-5-19-42-26-14-8-22(9-15-26)28-27(29(38)23-10-16-25(17-11-23)41-18-4-2)30(39)31(40)37(28)32-35-36-33(44-32)43-20-21-6-12-24(34)13-7-21/h6-17,28,38H,3-5,18-20H2,1-2H3/b29-27-. The van der Waals surface area contributed by atoms with E-state index in [1.54, 1.807) is 60.7 Å². The topological polar surface area (TPSA) is 102 Å². The van der Waals surface area contributed by atoms with Gasteiger partial charge in [0.05, 0.1) is 24.8 Å². The lowest BCUT2D eigenvalue weighted by atomic mass is 9.95. The van der Waals surface area contributed by atoms with E-state index in [9.17, 15) is 19.1 Å². The number of carbonyl (C=O) groups is 2. The van der Waals surface area contributed by atoms with Crippen molar-refractivity contribution in [3.05, 3.63) is 101 Å². The zero-order chi connectivity index (χ0) is 31.1. The summed E-state index contributed by atoms with van der Waals surface area (Å²) < 4.78 is 25.3. The van der Waals surface area contributed by atoms with Gasteiger partial charge in [0, 0.05) is 11.3 Å². The Kier molecular flexibility index (Phi) is 10.3. The van der Waals surface area contributed by atoms with Crippen LogP contribution in [0.3, 0.4) is 0 Å². The van der Waals surface area contributed by atoms with Crippen LogP contribution in [0.2, 0.25) is 0 Å². The minimum Gasteiger partial charge on any atom is -0.507 e. The number of aromatic nitrogens is 2. The number of ketones is 1. The molecule has 0 aliphatic carbocycles. The minimum absolute atomic E-state index is 0.0485. The van der Waals surface area contributed by atoms with Crippen molar-refractivity contribution in [2.24, 2.45) is 0 Å². The largest absolute Gasteiger partial charge is 0.507 e. The molecule has 1 aliphatic rings. The van der Waals surface area contributed by atoms with Gasteiger partial charge in [0.15, 0.2) is 4.34 Å². The van der Waals surface area contributed by atoms with Gasteiger partial charge < -0.3 is 14.6 Å². The molecule has 1 saturated heterocycles. The first kappa shape index (κ1) is 31.2. The quantitative estimate of drug-likeness (QED) is 0.0402. The first-order chi connectivity index (χ1) is 21.4. The molecule has 1 unspecified atom stereocenters. The molecule has 0 bridgehead atoms. The first-order valence-corrected chi connectivity index (χ1v) is 16.2. The van der Waals surface area contributed by atoms with Crippen LogP contribution in [0.1, 0.15) is 55.8 Å². The predicted molar refractivity (Wildman–Crippen MR) is 170 cm³/mol. The third-order valence-corrected chi connectivity index (χ3v) is 9.01. The third-order valence-electron chi connectivity index (χ3n) is 6.88. The molecule has 228 valence electrons. The van der Waals surface area contributed by atoms with E-state index < -0.39 is 17.7 Å². The van der Waals surface area contributed by atoms with Gasteiger partial charge in [-0.15, -0.1) is 10.2 Å². The zero-order valence-electron chi connectivity index (χ0n) is 24.4. The number of amides is 1. The Labute approximate surface area is 263 Å². The number of aliphatic hydroxyl groups is 1. The molecule has 1 aromatic heterocycles. The number of halogens is 1. The van der Waals surface area contributed by atoms with Crippen LogP contribution in [-0.4, -0.2) is 40.2 Å². The highest BCUT2D eigenvalue weighted by atomic mass is 32.2. The first-order valence-electron chi connectivity index (χ1n) is 14.4. The Balaban J connectivity index is 1.49.